The van der Waals surface area contributed by atoms with Crippen LogP contribution in [0.4, 0.5) is 0 Å². The molecule has 2 saturated heterocycles. The van der Waals surface area contributed by atoms with Crippen LogP contribution in [0.2, 0.25) is 0 Å². The minimum Gasteiger partial charge on any atom is -0.378 e. The van der Waals surface area contributed by atoms with Crippen LogP contribution in [0.15, 0.2) is 4.99 Å². The fourth-order valence-electron chi connectivity index (χ4n) is 1.95. The summed E-state index contributed by atoms with van der Waals surface area (Å²) in [5.74, 6) is 0.439. The standard InChI is InChI=1S/C11H20N4O3/c12-11(15-3-7-18-8-4-15)13-9-10(16)14-1-5-17-6-2-14/h1-9H2,(H2,12,13). The lowest BCUT2D eigenvalue weighted by atomic mass is 10.4. The number of guanidine groups is 1. The number of hydrogen-bond donors (Lipinski definition) is 1. The minimum absolute atomic E-state index is 0.00881. The number of amides is 1. The Bertz CT molecular complexity index is 309. The van der Waals surface area contributed by atoms with E-state index in [0.29, 0.717) is 45.5 Å². The molecule has 2 N–H and O–H groups in total. The van der Waals surface area contributed by atoms with E-state index in [1.807, 2.05) is 4.90 Å². The Morgan fingerprint density at radius 2 is 1.50 bits per heavy atom. The Balaban J connectivity index is 1.79. The zero-order valence-corrected chi connectivity index (χ0v) is 10.5. The molecule has 0 aromatic heterocycles. The van der Waals surface area contributed by atoms with Crippen molar-refractivity contribution in [3.05, 3.63) is 0 Å². The van der Waals surface area contributed by atoms with Gasteiger partial charge in [0.05, 0.1) is 26.4 Å². The summed E-state index contributed by atoms with van der Waals surface area (Å²) in [4.78, 5) is 19.7. The first kappa shape index (κ1) is 13.1. The van der Waals surface area contributed by atoms with Crippen molar-refractivity contribution in [3.8, 4) is 0 Å². The number of carbonyl (C=O) groups excluding carboxylic acids is 1. The van der Waals surface area contributed by atoms with Crippen LogP contribution in [0.5, 0.6) is 0 Å². The second kappa shape index (κ2) is 6.55. The zero-order chi connectivity index (χ0) is 12.8. The van der Waals surface area contributed by atoms with E-state index in [1.54, 1.807) is 4.90 Å². The first-order valence-electron chi connectivity index (χ1n) is 6.25. The van der Waals surface area contributed by atoms with E-state index in [9.17, 15) is 4.79 Å². The molecule has 0 radical (unpaired) electrons. The first-order chi connectivity index (χ1) is 8.77. The summed E-state index contributed by atoms with van der Waals surface area (Å²) in [5, 5.41) is 0. The lowest BCUT2D eigenvalue weighted by molar-refractivity contribution is -0.133. The average molecular weight is 256 g/mol. The maximum atomic E-state index is 11.8. The summed E-state index contributed by atoms with van der Waals surface area (Å²) in [7, 11) is 0. The highest BCUT2D eigenvalue weighted by Crippen LogP contribution is 1.99. The number of hydrogen-bond acceptors (Lipinski definition) is 4. The van der Waals surface area contributed by atoms with Crippen LogP contribution in [0.3, 0.4) is 0 Å². The van der Waals surface area contributed by atoms with Gasteiger partial charge in [-0.2, -0.15) is 0 Å². The summed E-state index contributed by atoms with van der Waals surface area (Å²) >= 11 is 0. The molecule has 2 fully saturated rings. The molecule has 0 saturated carbocycles. The quantitative estimate of drug-likeness (QED) is 0.480. The Kier molecular flexibility index (Phi) is 4.77. The summed E-state index contributed by atoms with van der Waals surface area (Å²) in [5.41, 5.74) is 5.85. The van der Waals surface area contributed by atoms with Gasteiger partial charge >= 0.3 is 0 Å². The lowest BCUT2D eigenvalue weighted by Crippen LogP contribution is -2.46. The fourth-order valence-corrected chi connectivity index (χ4v) is 1.95. The minimum atomic E-state index is 0.00881. The van der Waals surface area contributed by atoms with Crippen molar-refractivity contribution in [2.45, 2.75) is 0 Å². The third-order valence-corrected chi connectivity index (χ3v) is 3.08. The van der Waals surface area contributed by atoms with Crippen LogP contribution in [0, 0.1) is 0 Å². The molecule has 2 rings (SSSR count). The van der Waals surface area contributed by atoms with Crippen LogP contribution in [-0.2, 0) is 14.3 Å². The van der Waals surface area contributed by atoms with Crippen LogP contribution in [0.1, 0.15) is 0 Å². The van der Waals surface area contributed by atoms with Crippen molar-refractivity contribution in [1.82, 2.24) is 9.80 Å². The lowest BCUT2D eigenvalue weighted by Gasteiger charge is -2.28. The fraction of sp³-hybridized carbons (Fsp3) is 0.818. The van der Waals surface area contributed by atoms with Crippen molar-refractivity contribution in [1.29, 1.82) is 0 Å². The van der Waals surface area contributed by atoms with Crippen LogP contribution in [-0.4, -0.2) is 80.8 Å². The molecule has 0 aliphatic carbocycles. The number of carbonyl (C=O) groups is 1. The van der Waals surface area contributed by atoms with E-state index in [4.69, 9.17) is 15.2 Å². The predicted octanol–water partition coefficient (Wildman–Crippen LogP) is -1.51. The van der Waals surface area contributed by atoms with E-state index < -0.39 is 0 Å². The van der Waals surface area contributed by atoms with Crippen molar-refractivity contribution in [2.75, 3.05) is 59.2 Å². The van der Waals surface area contributed by atoms with Gasteiger partial charge in [-0.15, -0.1) is 0 Å². The van der Waals surface area contributed by atoms with Gasteiger partial charge in [0, 0.05) is 26.2 Å². The number of aliphatic imine (C=N–C) groups is 1. The van der Waals surface area contributed by atoms with Gasteiger partial charge in [-0.1, -0.05) is 0 Å². The summed E-state index contributed by atoms with van der Waals surface area (Å²) in [6.45, 7) is 5.41. The molecule has 7 heteroatoms. The van der Waals surface area contributed by atoms with Gasteiger partial charge in [-0.25, -0.2) is 4.99 Å². The molecule has 0 aromatic rings. The summed E-state index contributed by atoms with van der Waals surface area (Å²) in [6, 6.07) is 0. The molecule has 18 heavy (non-hydrogen) atoms. The van der Waals surface area contributed by atoms with Gasteiger partial charge < -0.3 is 25.0 Å². The number of rotatable bonds is 2. The van der Waals surface area contributed by atoms with Crippen molar-refractivity contribution >= 4 is 11.9 Å². The van der Waals surface area contributed by atoms with Crippen molar-refractivity contribution in [2.24, 2.45) is 10.7 Å². The monoisotopic (exact) mass is 256 g/mol. The number of ether oxygens (including phenoxy) is 2. The van der Waals surface area contributed by atoms with E-state index in [0.717, 1.165) is 13.1 Å². The van der Waals surface area contributed by atoms with Gasteiger partial charge in [0.15, 0.2) is 5.96 Å². The first-order valence-corrected chi connectivity index (χ1v) is 6.25. The van der Waals surface area contributed by atoms with Crippen LogP contribution in [0.25, 0.3) is 0 Å². The van der Waals surface area contributed by atoms with Gasteiger partial charge in [0.25, 0.3) is 0 Å². The molecule has 2 aliphatic heterocycles. The molecule has 0 aromatic carbocycles. The highest BCUT2D eigenvalue weighted by atomic mass is 16.5. The molecule has 1 amide bonds. The highest BCUT2D eigenvalue weighted by Gasteiger charge is 2.17. The summed E-state index contributed by atoms with van der Waals surface area (Å²) < 4.78 is 10.4. The normalized spacial score (nSPS) is 22.1. The topological polar surface area (TPSA) is 80.4 Å². The Morgan fingerprint density at radius 3 is 2.06 bits per heavy atom. The maximum Gasteiger partial charge on any atom is 0.244 e. The third kappa shape index (κ3) is 3.58. The van der Waals surface area contributed by atoms with E-state index in [-0.39, 0.29) is 12.5 Å². The molecular weight excluding hydrogens is 236 g/mol. The Morgan fingerprint density at radius 1 is 1.00 bits per heavy atom. The second-order valence-corrected chi connectivity index (χ2v) is 4.27. The second-order valence-electron chi connectivity index (χ2n) is 4.27. The molecule has 102 valence electrons. The smallest absolute Gasteiger partial charge is 0.244 e. The van der Waals surface area contributed by atoms with Crippen LogP contribution < -0.4 is 5.73 Å². The molecule has 0 atom stereocenters. The van der Waals surface area contributed by atoms with Gasteiger partial charge in [0.1, 0.15) is 6.54 Å². The van der Waals surface area contributed by atoms with E-state index in [2.05, 4.69) is 4.99 Å². The van der Waals surface area contributed by atoms with Gasteiger partial charge in [-0.05, 0) is 0 Å². The molecule has 7 nitrogen and oxygen atoms in total. The van der Waals surface area contributed by atoms with Crippen LogP contribution >= 0.6 is 0 Å². The molecule has 0 unspecified atom stereocenters. The van der Waals surface area contributed by atoms with E-state index in [1.165, 1.54) is 0 Å². The number of morpholine rings is 2. The van der Waals surface area contributed by atoms with Gasteiger partial charge in [0.2, 0.25) is 5.91 Å². The largest absolute Gasteiger partial charge is 0.378 e. The van der Waals surface area contributed by atoms with Crippen molar-refractivity contribution in [3.63, 3.8) is 0 Å². The molecule has 0 spiro atoms. The molecule has 2 heterocycles. The Hall–Kier alpha value is -1.34. The average Bonchev–Trinajstić information content (AvgIpc) is 2.46. The molecule has 0 bridgehead atoms. The van der Waals surface area contributed by atoms with Crippen molar-refractivity contribution < 1.29 is 14.3 Å². The maximum absolute atomic E-state index is 11.8. The molecule has 2 aliphatic rings. The zero-order valence-electron chi connectivity index (χ0n) is 10.5. The third-order valence-electron chi connectivity index (χ3n) is 3.08. The van der Waals surface area contributed by atoms with Gasteiger partial charge in [-0.3, -0.25) is 4.79 Å². The molecular formula is C11H20N4O3. The number of nitrogens with zero attached hydrogens (tertiary/aromatic N) is 3. The summed E-state index contributed by atoms with van der Waals surface area (Å²) in [6.07, 6.45) is 0. The number of nitrogens with two attached hydrogens (primary N) is 1. The Labute approximate surface area is 107 Å². The van der Waals surface area contributed by atoms with E-state index >= 15 is 0 Å². The SMILES string of the molecule is NC(=NCC(=O)N1CCOCC1)N1CCOCC1. The highest BCUT2D eigenvalue weighted by molar-refractivity contribution is 5.84. The predicted molar refractivity (Wildman–Crippen MR) is 66.3 cm³/mol.